The van der Waals surface area contributed by atoms with Gasteiger partial charge in [-0.2, -0.15) is 8.42 Å². The SMILES string of the molecule is CC(C)CCC#Cc1ccc(OCc2ccccc2)c(N2C=C(O)NS2(=O)=O)c1. The number of ether oxygens (including phenoxy) is 1. The second-order valence-electron chi connectivity index (χ2n) is 7.11. The highest BCUT2D eigenvalue weighted by Gasteiger charge is 2.31. The minimum atomic E-state index is -3.94. The first-order chi connectivity index (χ1) is 13.8. The Morgan fingerprint density at radius 3 is 2.59 bits per heavy atom. The van der Waals surface area contributed by atoms with Gasteiger partial charge in [-0.25, -0.2) is 9.03 Å². The van der Waals surface area contributed by atoms with Crippen LogP contribution in [0.2, 0.25) is 0 Å². The molecule has 0 saturated carbocycles. The number of aliphatic hydroxyl groups excluding tert-OH is 1. The standard InChI is InChI=1S/C22H24N2O4S/c1-17(2)8-6-7-9-18-12-13-21(28-16-19-10-4-3-5-11-19)20(14-18)24-15-22(25)23-29(24,26)27/h3-5,10-15,17,23,25H,6,8,16H2,1-2H3. The van der Waals surface area contributed by atoms with Crippen molar-refractivity contribution >= 4 is 15.9 Å². The van der Waals surface area contributed by atoms with Crippen LogP contribution in [0.5, 0.6) is 5.75 Å². The molecule has 0 saturated heterocycles. The van der Waals surface area contributed by atoms with E-state index >= 15 is 0 Å². The molecule has 2 aromatic rings. The van der Waals surface area contributed by atoms with Gasteiger partial charge in [-0.1, -0.05) is 56.0 Å². The first-order valence-electron chi connectivity index (χ1n) is 9.38. The lowest BCUT2D eigenvalue weighted by Gasteiger charge is -2.19. The largest absolute Gasteiger partial charge is 0.493 e. The first kappa shape index (κ1) is 20.6. The average molecular weight is 413 g/mol. The smallest absolute Gasteiger partial charge is 0.330 e. The summed E-state index contributed by atoms with van der Waals surface area (Å²) in [6.45, 7) is 4.57. The van der Waals surface area contributed by atoms with Crippen molar-refractivity contribution in [2.24, 2.45) is 5.92 Å². The van der Waals surface area contributed by atoms with Crippen molar-refractivity contribution in [2.45, 2.75) is 33.3 Å². The molecule has 1 aliphatic heterocycles. The molecule has 0 aliphatic carbocycles. The maximum atomic E-state index is 12.4. The van der Waals surface area contributed by atoms with Crippen molar-refractivity contribution in [3.05, 3.63) is 71.7 Å². The van der Waals surface area contributed by atoms with E-state index in [1.54, 1.807) is 18.2 Å². The fourth-order valence-corrected chi connectivity index (χ4v) is 3.79. The molecule has 2 aromatic carbocycles. The molecule has 2 N–H and O–H groups in total. The molecule has 0 amide bonds. The topological polar surface area (TPSA) is 78.9 Å². The molecule has 0 radical (unpaired) electrons. The van der Waals surface area contributed by atoms with E-state index in [0.29, 0.717) is 17.2 Å². The zero-order valence-corrected chi connectivity index (χ0v) is 17.2. The first-order valence-corrected chi connectivity index (χ1v) is 10.8. The van der Waals surface area contributed by atoms with E-state index < -0.39 is 16.1 Å². The van der Waals surface area contributed by atoms with E-state index in [1.807, 2.05) is 30.3 Å². The van der Waals surface area contributed by atoms with Crippen molar-refractivity contribution in [3.63, 3.8) is 0 Å². The normalized spacial score (nSPS) is 14.7. The number of anilines is 1. The number of hydrogen-bond acceptors (Lipinski definition) is 4. The molecule has 0 fully saturated rings. The molecule has 0 atom stereocenters. The van der Waals surface area contributed by atoms with Crippen LogP contribution in [0, 0.1) is 17.8 Å². The fraction of sp³-hybridized carbons (Fsp3) is 0.273. The Balaban J connectivity index is 1.90. The number of hydrogen-bond donors (Lipinski definition) is 2. The van der Waals surface area contributed by atoms with Crippen molar-refractivity contribution in [3.8, 4) is 17.6 Å². The van der Waals surface area contributed by atoms with E-state index in [1.165, 1.54) is 0 Å². The molecule has 1 heterocycles. The summed E-state index contributed by atoms with van der Waals surface area (Å²) in [6, 6.07) is 14.7. The van der Waals surface area contributed by atoms with Crippen LogP contribution in [0.3, 0.4) is 0 Å². The fourth-order valence-electron chi connectivity index (χ4n) is 2.74. The third kappa shape index (κ3) is 5.46. The molecule has 0 aromatic heterocycles. The Labute approximate surface area is 172 Å². The van der Waals surface area contributed by atoms with Gasteiger partial charge in [0.2, 0.25) is 5.88 Å². The molecule has 152 valence electrons. The highest BCUT2D eigenvalue weighted by Crippen LogP contribution is 2.34. The minimum absolute atomic E-state index is 0.282. The van der Waals surface area contributed by atoms with Crippen LogP contribution in [-0.4, -0.2) is 13.5 Å². The molecule has 7 heteroatoms. The van der Waals surface area contributed by atoms with E-state index in [-0.39, 0.29) is 12.3 Å². The highest BCUT2D eigenvalue weighted by atomic mass is 32.2. The summed E-state index contributed by atoms with van der Waals surface area (Å²) in [5.41, 5.74) is 1.91. The van der Waals surface area contributed by atoms with Gasteiger partial charge in [-0.3, -0.25) is 0 Å². The second-order valence-corrected chi connectivity index (χ2v) is 8.66. The van der Waals surface area contributed by atoms with Crippen molar-refractivity contribution in [1.29, 1.82) is 0 Å². The van der Waals surface area contributed by atoms with E-state index in [0.717, 1.165) is 28.9 Å². The summed E-state index contributed by atoms with van der Waals surface area (Å²) in [6.07, 6.45) is 2.87. The molecule has 6 nitrogen and oxygen atoms in total. The van der Waals surface area contributed by atoms with E-state index in [9.17, 15) is 13.5 Å². The van der Waals surface area contributed by atoms with Crippen LogP contribution >= 0.6 is 0 Å². The summed E-state index contributed by atoms with van der Waals surface area (Å²) < 4.78 is 33.6. The lowest BCUT2D eigenvalue weighted by atomic mass is 10.1. The van der Waals surface area contributed by atoms with E-state index in [4.69, 9.17) is 4.74 Å². The van der Waals surface area contributed by atoms with Crippen LogP contribution in [-0.2, 0) is 16.8 Å². The van der Waals surface area contributed by atoms with Gasteiger partial charge in [0, 0.05) is 12.0 Å². The predicted octanol–water partition coefficient (Wildman–Crippen LogP) is 4.06. The zero-order chi connectivity index (χ0) is 20.9. The van der Waals surface area contributed by atoms with Crippen LogP contribution in [0.4, 0.5) is 5.69 Å². The number of nitrogens with zero attached hydrogens (tertiary/aromatic N) is 1. The van der Waals surface area contributed by atoms with Crippen molar-refractivity contribution in [2.75, 3.05) is 4.31 Å². The van der Waals surface area contributed by atoms with Crippen LogP contribution in [0.15, 0.2) is 60.6 Å². The van der Waals surface area contributed by atoms with Crippen molar-refractivity contribution < 1.29 is 18.3 Å². The summed E-state index contributed by atoms with van der Waals surface area (Å²) in [5.74, 6) is 6.68. The van der Waals surface area contributed by atoms with Gasteiger partial charge in [0.1, 0.15) is 18.0 Å². The lowest BCUT2D eigenvalue weighted by Crippen LogP contribution is -2.30. The number of nitrogens with one attached hydrogen (secondary N) is 1. The van der Waals surface area contributed by atoms with Gasteiger partial charge in [0.25, 0.3) is 0 Å². The highest BCUT2D eigenvalue weighted by molar-refractivity contribution is 7.91. The third-order valence-corrected chi connectivity index (χ3v) is 5.53. The summed E-state index contributed by atoms with van der Waals surface area (Å²) in [5, 5.41) is 9.65. The molecule has 3 rings (SSSR count). The van der Waals surface area contributed by atoms with Gasteiger partial charge >= 0.3 is 10.2 Å². The monoisotopic (exact) mass is 412 g/mol. The Bertz CT molecular complexity index is 1050. The molecule has 0 spiro atoms. The maximum Gasteiger partial charge on any atom is 0.330 e. The summed E-state index contributed by atoms with van der Waals surface area (Å²) in [7, 11) is -3.94. The quantitative estimate of drug-likeness (QED) is 0.701. The Hall–Kier alpha value is -3.11. The Kier molecular flexibility index (Phi) is 6.35. The number of aliphatic hydroxyl groups is 1. The average Bonchev–Trinajstić information content (AvgIpc) is 2.96. The van der Waals surface area contributed by atoms with Gasteiger partial charge < -0.3 is 9.84 Å². The molecular formula is C22H24N2O4S. The second kappa shape index (κ2) is 8.93. The Morgan fingerprint density at radius 2 is 1.93 bits per heavy atom. The van der Waals surface area contributed by atoms with Gasteiger partial charge in [-0.15, -0.1) is 0 Å². The number of rotatable bonds is 6. The summed E-state index contributed by atoms with van der Waals surface area (Å²) in [4.78, 5) is 0. The molecule has 0 bridgehead atoms. The van der Waals surface area contributed by atoms with Crippen LogP contribution in [0.25, 0.3) is 0 Å². The molecule has 0 unspecified atom stereocenters. The minimum Gasteiger partial charge on any atom is -0.493 e. The van der Waals surface area contributed by atoms with Crippen LogP contribution in [0.1, 0.15) is 37.8 Å². The van der Waals surface area contributed by atoms with Gasteiger partial charge in [0.15, 0.2) is 0 Å². The Morgan fingerprint density at radius 1 is 1.17 bits per heavy atom. The van der Waals surface area contributed by atoms with Crippen LogP contribution < -0.4 is 13.8 Å². The zero-order valence-electron chi connectivity index (χ0n) is 16.4. The number of benzene rings is 2. The van der Waals surface area contributed by atoms with Gasteiger partial charge in [0.05, 0.1) is 6.20 Å². The predicted molar refractivity (Wildman–Crippen MR) is 113 cm³/mol. The summed E-state index contributed by atoms with van der Waals surface area (Å²) >= 11 is 0. The van der Waals surface area contributed by atoms with Crippen molar-refractivity contribution in [1.82, 2.24) is 4.72 Å². The van der Waals surface area contributed by atoms with E-state index in [2.05, 4.69) is 30.4 Å². The maximum absolute atomic E-state index is 12.4. The lowest BCUT2D eigenvalue weighted by molar-refractivity contribution is 0.307. The van der Waals surface area contributed by atoms with Gasteiger partial charge in [-0.05, 0) is 36.1 Å². The molecular weight excluding hydrogens is 388 g/mol. The third-order valence-electron chi connectivity index (χ3n) is 4.24. The molecule has 29 heavy (non-hydrogen) atoms. The molecule has 1 aliphatic rings.